The van der Waals surface area contributed by atoms with E-state index >= 15 is 0 Å². The van der Waals surface area contributed by atoms with Crippen LogP contribution in [0.15, 0.2) is 12.1 Å². The van der Waals surface area contributed by atoms with E-state index in [9.17, 15) is 4.39 Å². The first-order valence-electron chi connectivity index (χ1n) is 2.91. The first-order chi connectivity index (χ1) is 4.74. The predicted molar refractivity (Wildman–Crippen MR) is 35.5 cm³/mol. The van der Waals surface area contributed by atoms with Gasteiger partial charge in [-0.05, 0) is 19.1 Å². The van der Waals surface area contributed by atoms with Crippen LogP contribution < -0.4 is 4.74 Å². The number of ether oxygens (including phenoxy) is 1. The molecule has 1 aromatic rings. The van der Waals surface area contributed by atoms with Crippen LogP contribution in [0, 0.1) is 12.7 Å². The van der Waals surface area contributed by atoms with Crippen LogP contribution in [0.25, 0.3) is 0 Å². The molecule has 1 heterocycles. The van der Waals surface area contributed by atoms with Crippen molar-refractivity contribution in [3.63, 3.8) is 0 Å². The molecule has 10 heavy (non-hydrogen) atoms. The molecule has 0 atom stereocenters. The fourth-order valence-corrected chi connectivity index (χ4v) is 0.659. The van der Waals surface area contributed by atoms with Gasteiger partial charge in [0, 0.05) is 5.69 Å². The average molecular weight is 141 g/mol. The molecule has 1 rings (SSSR count). The van der Waals surface area contributed by atoms with Crippen LogP contribution in [0.2, 0.25) is 0 Å². The SMILES string of the molecule is COc1nc(C)ccc1F. The van der Waals surface area contributed by atoms with Crippen molar-refractivity contribution in [2.75, 3.05) is 7.11 Å². The third-order valence-electron chi connectivity index (χ3n) is 1.15. The Morgan fingerprint density at radius 1 is 1.50 bits per heavy atom. The fraction of sp³-hybridized carbons (Fsp3) is 0.286. The van der Waals surface area contributed by atoms with Crippen molar-refractivity contribution in [1.29, 1.82) is 0 Å². The molecule has 0 fully saturated rings. The van der Waals surface area contributed by atoms with E-state index in [4.69, 9.17) is 0 Å². The Hall–Kier alpha value is -1.12. The van der Waals surface area contributed by atoms with Crippen molar-refractivity contribution >= 4 is 0 Å². The van der Waals surface area contributed by atoms with Gasteiger partial charge in [0.1, 0.15) is 0 Å². The van der Waals surface area contributed by atoms with Gasteiger partial charge >= 0.3 is 0 Å². The molecular weight excluding hydrogens is 133 g/mol. The highest BCUT2D eigenvalue weighted by Gasteiger charge is 2.01. The highest BCUT2D eigenvalue weighted by Crippen LogP contribution is 2.12. The number of methoxy groups -OCH3 is 1. The van der Waals surface area contributed by atoms with Crippen LogP contribution >= 0.6 is 0 Å². The molecule has 0 bridgehead atoms. The van der Waals surface area contributed by atoms with E-state index in [0.29, 0.717) is 0 Å². The summed E-state index contributed by atoms with van der Waals surface area (Å²) in [6.45, 7) is 1.78. The van der Waals surface area contributed by atoms with Crippen LogP contribution in [0.1, 0.15) is 5.69 Å². The topological polar surface area (TPSA) is 22.1 Å². The quantitative estimate of drug-likeness (QED) is 0.591. The number of aryl methyl sites for hydroxylation is 1. The summed E-state index contributed by atoms with van der Waals surface area (Å²) in [7, 11) is 1.39. The normalized spacial score (nSPS) is 9.50. The number of hydrogen-bond acceptors (Lipinski definition) is 2. The third-order valence-corrected chi connectivity index (χ3v) is 1.15. The lowest BCUT2D eigenvalue weighted by Gasteiger charge is -1.99. The molecule has 0 aliphatic carbocycles. The third kappa shape index (κ3) is 1.23. The minimum absolute atomic E-state index is 0.0556. The first kappa shape index (κ1) is 6.99. The zero-order chi connectivity index (χ0) is 7.56. The number of hydrogen-bond donors (Lipinski definition) is 0. The van der Waals surface area contributed by atoms with E-state index in [1.807, 2.05) is 0 Å². The highest BCUT2D eigenvalue weighted by atomic mass is 19.1. The molecule has 2 nitrogen and oxygen atoms in total. The fourth-order valence-electron chi connectivity index (χ4n) is 0.659. The summed E-state index contributed by atoms with van der Waals surface area (Å²) < 4.78 is 17.2. The number of halogens is 1. The second-order valence-corrected chi connectivity index (χ2v) is 1.94. The van der Waals surface area contributed by atoms with E-state index in [0.717, 1.165) is 5.69 Å². The van der Waals surface area contributed by atoms with Gasteiger partial charge in [0.2, 0.25) is 5.88 Å². The average Bonchev–Trinajstić information content (AvgIpc) is 1.94. The molecule has 0 saturated heterocycles. The summed E-state index contributed by atoms with van der Waals surface area (Å²) in [4.78, 5) is 3.79. The molecule has 0 saturated carbocycles. The highest BCUT2D eigenvalue weighted by molar-refractivity contribution is 5.16. The standard InChI is InChI=1S/C7H8FNO/c1-5-3-4-6(8)7(9-5)10-2/h3-4H,1-2H3. The molecule has 0 aliphatic rings. The van der Waals surface area contributed by atoms with E-state index in [2.05, 4.69) is 9.72 Å². The van der Waals surface area contributed by atoms with E-state index < -0.39 is 5.82 Å². The van der Waals surface area contributed by atoms with Gasteiger partial charge < -0.3 is 4.74 Å². The minimum Gasteiger partial charge on any atom is -0.479 e. The summed E-state index contributed by atoms with van der Waals surface area (Å²) in [5.74, 6) is -0.367. The van der Waals surface area contributed by atoms with Gasteiger partial charge in [0.15, 0.2) is 5.82 Å². The summed E-state index contributed by atoms with van der Waals surface area (Å²) in [6.07, 6.45) is 0. The molecule has 54 valence electrons. The molecule has 0 N–H and O–H groups in total. The van der Waals surface area contributed by atoms with Crippen molar-refractivity contribution < 1.29 is 9.13 Å². The number of nitrogens with zero attached hydrogens (tertiary/aromatic N) is 1. The minimum atomic E-state index is -0.423. The van der Waals surface area contributed by atoms with E-state index in [1.165, 1.54) is 13.2 Å². The maximum absolute atomic E-state index is 12.6. The van der Waals surface area contributed by atoms with Crippen molar-refractivity contribution in [2.45, 2.75) is 6.92 Å². The Kier molecular flexibility index (Phi) is 1.85. The van der Waals surface area contributed by atoms with Gasteiger partial charge in [-0.3, -0.25) is 0 Å². The molecule has 0 spiro atoms. The second kappa shape index (κ2) is 2.64. The molecule has 1 aromatic heterocycles. The van der Waals surface area contributed by atoms with Crippen LogP contribution in [-0.2, 0) is 0 Å². The first-order valence-corrected chi connectivity index (χ1v) is 2.91. The van der Waals surface area contributed by atoms with Crippen LogP contribution in [0.3, 0.4) is 0 Å². The predicted octanol–water partition coefficient (Wildman–Crippen LogP) is 1.54. The summed E-state index contributed by atoms with van der Waals surface area (Å²) in [5, 5.41) is 0. The summed E-state index contributed by atoms with van der Waals surface area (Å²) in [5.41, 5.74) is 0.748. The molecule has 3 heteroatoms. The van der Waals surface area contributed by atoms with Crippen molar-refractivity contribution in [2.24, 2.45) is 0 Å². The van der Waals surface area contributed by atoms with Gasteiger partial charge in [-0.15, -0.1) is 0 Å². The maximum atomic E-state index is 12.6. The Morgan fingerprint density at radius 2 is 2.20 bits per heavy atom. The number of pyridine rings is 1. The van der Waals surface area contributed by atoms with E-state index in [-0.39, 0.29) is 5.88 Å². The lowest BCUT2D eigenvalue weighted by molar-refractivity contribution is 0.368. The van der Waals surface area contributed by atoms with Crippen molar-refractivity contribution in [3.05, 3.63) is 23.6 Å². The Morgan fingerprint density at radius 3 is 2.70 bits per heavy atom. The Balaban J connectivity index is 3.09. The summed E-state index contributed by atoms with van der Waals surface area (Å²) >= 11 is 0. The Bertz CT molecular complexity index is 237. The summed E-state index contributed by atoms with van der Waals surface area (Å²) in [6, 6.07) is 2.93. The smallest absolute Gasteiger partial charge is 0.250 e. The lowest BCUT2D eigenvalue weighted by atomic mass is 10.4. The zero-order valence-corrected chi connectivity index (χ0v) is 5.89. The monoisotopic (exact) mass is 141 g/mol. The van der Waals surface area contributed by atoms with Gasteiger partial charge in [0.05, 0.1) is 7.11 Å². The molecule has 0 radical (unpaired) electrons. The second-order valence-electron chi connectivity index (χ2n) is 1.94. The molecule has 0 aliphatic heterocycles. The maximum Gasteiger partial charge on any atom is 0.250 e. The largest absolute Gasteiger partial charge is 0.479 e. The molecule has 0 aromatic carbocycles. The van der Waals surface area contributed by atoms with Crippen LogP contribution in [0.4, 0.5) is 4.39 Å². The van der Waals surface area contributed by atoms with Gasteiger partial charge in [0.25, 0.3) is 0 Å². The van der Waals surface area contributed by atoms with Gasteiger partial charge in [-0.1, -0.05) is 0 Å². The van der Waals surface area contributed by atoms with Gasteiger partial charge in [-0.2, -0.15) is 0 Å². The molecular formula is C7H8FNO. The van der Waals surface area contributed by atoms with Crippen LogP contribution in [-0.4, -0.2) is 12.1 Å². The Labute approximate surface area is 58.7 Å². The van der Waals surface area contributed by atoms with E-state index in [1.54, 1.807) is 13.0 Å². The molecule has 0 amide bonds. The number of aromatic nitrogens is 1. The van der Waals surface area contributed by atoms with Crippen LogP contribution in [0.5, 0.6) is 5.88 Å². The van der Waals surface area contributed by atoms with Gasteiger partial charge in [-0.25, -0.2) is 9.37 Å². The zero-order valence-electron chi connectivity index (χ0n) is 5.89. The van der Waals surface area contributed by atoms with Crippen molar-refractivity contribution in [1.82, 2.24) is 4.98 Å². The molecule has 0 unspecified atom stereocenters. The van der Waals surface area contributed by atoms with Crippen molar-refractivity contribution in [3.8, 4) is 5.88 Å². The number of rotatable bonds is 1. The lowest BCUT2D eigenvalue weighted by Crippen LogP contribution is -1.92.